The van der Waals surface area contributed by atoms with Crippen LogP contribution in [0.5, 0.6) is 0 Å². The molecule has 0 saturated carbocycles. The second kappa shape index (κ2) is 15.9. The molecule has 5 heteroatoms. The number of hydrogen-bond acceptors (Lipinski definition) is 4. The third kappa shape index (κ3) is 8.32. The SMILES string of the molecule is CC(C)(C)Cc1cccc2c1cc1c3c(nccc32)-c2[c-]c3ccccc3c(C(C)(C)C)c2S1.CCC(CC)C(=O)/C=C(\O)C(C)(CC)CC.[Ir]. The molecule has 0 bridgehead atoms. The van der Waals surface area contributed by atoms with Crippen molar-refractivity contribution in [1.29, 1.82) is 0 Å². The predicted molar refractivity (Wildman–Crippen MR) is 215 cm³/mol. The molecular weight excluding hydrogens is 823 g/mol. The number of benzene rings is 4. The molecule has 1 radical (unpaired) electrons. The molecule has 1 aliphatic heterocycles. The Morgan fingerprint density at radius 1 is 0.863 bits per heavy atom. The summed E-state index contributed by atoms with van der Waals surface area (Å²) in [5, 5.41) is 17.7. The van der Waals surface area contributed by atoms with Gasteiger partial charge in [0.2, 0.25) is 0 Å². The molecule has 6 rings (SSSR count). The number of nitrogens with zero attached hydrogens (tertiary/aromatic N) is 1. The molecule has 1 aliphatic rings. The Kier molecular flexibility index (Phi) is 12.8. The van der Waals surface area contributed by atoms with E-state index in [1.165, 1.54) is 59.3 Å². The van der Waals surface area contributed by atoms with Crippen molar-refractivity contribution in [2.45, 2.75) is 123 Å². The number of aliphatic hydroxyl groups is 1. The van der Waals surface area contributed by atoms with Crippen LogP contribution in [0.3, 0.4) is 0 Å². The average molecular weight is 879 g/mol. The smallest absolute Gasteiger partial charge is 0.162 e. The van der Waals surface area contributed by atoms with E-state index in [-0.39, 0.29) is 53.8 Å². The third-order valence-electron chi connectivity index (χ3n) is 10.6. The molecule has 0 saturated heterocycles. The average Bonchev–Trinajstić information content (AvgIpc) is 3.07. The number of allylic oxidation sites excluding steroid dienone is 2. The minimum absolute atomic E-state index is 0. The summed E-state index contributed by atoms with van der Waals surface area (Å²) in [6, 6.07) is 23.9. The third-order valence-corrected chi connectivity index (χ3v) is 11.8. The Morgan fingerprint density at radius 2 is 1.51 bits per heavy atom. The van der Waals surface area contributed by atoms with Crippen LogP contribution >= 0.6 is 11.8 Å². The number of rotatable bonds is 8. The maximum Gasteiger partial charge on any atom is 0.162 e. The molecule has 0 fully saturated rings. The van der Waals surface area contributed by atoms with E-state index < -0.39 is 0 Å². The number of fused-ring (bicyclic) bond motifs is 5. The second-order valence-corrected chi connectivity index (χ2v) is 17.6. The van der Waals surface area contributed by atoms with Crippen LogP contribution < -0.4 is 0 Å². The summed E-state index contributed by atoms with van der Waals surface area (Å²) in [5.74, 6) is 0.366. The normalized spacial score (nSPS) is 13.2. The summed E-state index contributed by atoms with van der Waals surface area (Å²) < 4.78 is 0. The maximum absolute atomic E-state index is 11.9. The van der Waals surface area contributed by atoms with Crippen LogP contribution in [0.1, 0.15) is 113 Å². The first kappa shape index (κ1) is 40.8. The second-order valence-electron chi connectivity index (χ2n) is 16.5. The molecule has 0 atom stereocenters. The minimum Gasteiger partial charge on any atom is -0.512 e. The van der Waals surface area contributed by atoms with E-state index in [1.807, 2.05) is 52.6 Å². The van der Waals surface area contributed by atoms with Crippen molar-refractivity contribution in [2.75, 3.05) is 0 Å². The van der Waals surface area contributed by atoms with Gasteiger partial charge in [0.1, 0.15) is 5.76 Å². The first-order valence-corrected chi connectivity index (χ1v) is 19.3. The fraction of sp³-hybridized carbons (Fsp3) is 0.435. The number of pyridine rings is 1. The topological polar surface area (TPSA) is 50.2 Å². The first-order chi connectivity index (χ1) is 23.6. The summed E-state index contributed by atoms with van der Waals surface area (Å²) in [7, 11) is 0. The van der Waals surface area contributed by atoms with Gasteiger partial charge in [-0.3, -0.25) is 9.78 Å². The van der Waals surface area contributed by atoms with Gasteiger partial charge in [-0.2, -0.15) is 0 Å². The van der Waals surface area contributed by atoms with Gasteiger partial charge in [-0.05, 0) is 87.1 Å². The largest absolute Gasteiger partial charge is 0.512 e. The van der Waals surface area contributed by atoms with Crippen LogP contribution in [0, 0.1) is 22.8 Å². The van der Waals surface area contributed by atoms with Crippen molar-refractivity contribution in [1.82, 2.24) is 4.98 Å². The van der Waals surface area contributed by atoms with E-state index in [1.54, 1.807) is 0 Å². The van der Waals surface area contributed by atoms with E-state index >= 15 is 0 Å². The van der Waals surface area contributed by atoms with E-state index in [0.29, 0.717) is 0 Å². The molecule has 0 aliphatic carbocycles. The van der Waals surface area contributed by atoms with Crippen LogP contribution in [0.4, 0.5) is 0 Å². The molecule has 3 nitrogen and oxygen atoms in total. The van der Waals surface area contributed by atoms with Gasteiger partial charge in [-0.1, -0.05) is 129 Å². The number of carbonyl (C=O) groups is 1. The first-order valence-electron chi connectivity index (χ1n) is 18.5. The van der Waals surface area contributed by atoms with Crippen molar-refractivity contribution < 1.29 is 30.0 Å². The molecule has 51 heavy (non-hydrogen) atoms. The molecule has 1 N–H and O–H groups in total. The molecule has 1 aromatic heterocycles. The molecule has 0 unspecified atom stereocenters. The Morgan fingerprint density at radius 3 is 2.12 bits per heavy atom. The predicted octanol–water partition coefficient (Wildman–Crippen LogP) is 13.6. The zero-order valence-corrected chi connectivity index (χ0v) is 35.7. The van der Waals surface area contributed by atoms with Crippen LogP contribution in [-0.4, -0.2) is 15.9 Å². The summed E-state index contributed by atoms with van der Waals surface area (Å²) in [6.07, 6.45) is 7.87. The number of aliphatic hydroxyl groups excluding tert-OH is 1. The van der Waals surface area contributed by atoms with Gasteiger partial charge in [-0.15, -0.1) is 29.3 Å². The summed E-state index contributed by atoms with van der Waals surface area (Å²) >= 11 is 1.91. The van der Waals surface area contributed by atoms with Gasteiger partial charge >= 0.3 is 0 Å². The molecule has 4 aromatic carbocycles. The van der Waals surface area contributed by atoms with Crippen LogP contribution in [0.2, 0.25) is 0 Å². The van der Waals surface area contributed by atoms with E-state index in [9.17, 15) is 9.90 Å². The van der Waals surface area contributed by atoms with Crippen molar-refractivity contribution in [3.8, 4) is 11.3 Å². The Balaban J connectivity index is 0.000000294. The number of ketones is 1. The molecule has 0 amide bonds. The van der Waals surface area contributed by atoms with Crippen LogP contribution in [0.15, 0.2) is 82.4 Å². The van der Waals surface area contributed by atoms with Crippen LogP contribution in [-0.2, 0) is 36.7 Å². The van der Waals surface area contributed by atoms with E-state index in [4.69, 9.17) is 4.98 Å². The van der Waals surface area contributed by atoms with Crippen molar-refractivity contribution >= 4 is 49.9 Å². The van der Waals surface area contributed by atoms with Crippen molar-refractivity contribution in [3.63, 3.8) is 0 Å². The van der Waals surface area contributed by atoms with Gasteiger partial charge in [0, 0.05) is 54.3 Å². The zero-order chi connectivity index (χ0) is 36.6. The van der Waals surface area contributed by atoms with Crippen molar-refractivity contribution in [2.24, 2.45) is 16.7 Å². The van der Waals surface area contributed by atoms with Crippen molar-refractivity contribution in [3.05, 3.63) is 89.8 Å². The fourth-order valence-electron chi connectivity index (χ4n) is 7.26. The Bertz CT molecular complexity index is 2070. The quantitative estimate of drug-likeness (QED) is 0.0716. The molecule has 5 aromatic rings. The minimum atomic E-state index is -0.248. The van der Waals surface area contributed by atoms with E-state index in [0.717, 1.165) is 43.4 Å². The Hall–Kier alpha value is -2.98. The van der Waals surface area contributed by atoms with Gasteiger partial charge in [-0.25, -0.2) is 0 Å². The summed E-state index contributed by atoms with van der Waals surface area (Å²) in [5.41, 5.74) is 5.03. The standard InChI is InChI=1S/C32H30NS.C14H26O2.Ir/c1-31(2,3)18-20-11-9-13-22-23-14-15-33-29-25-16-19-10-7-8-12-21(19)28(32(4,5)6)30(25)34-26(27(23)29)17-24(20)22;1-6-11(7-2)12(15)10-13(16)14(5,8-3)9-4;/h7-15,17H,18H2,1-6H3;10-11,16H,6-9H2,1-5H3;/q-1;;/b;13-10-;. The summed E-state index contributed by atoms with van der Waals surface area (Å²) in [6.45, 7) is 24.0. The Labute approximate surface area is 324 Å². The number of hydrogen-bond donors (Lipinski definition) is 1. The van der Waals surface area contributed by atoms with E-state index in [2.05, 4.69) is 102 Å². The molecule has 2 heterocycles. The summed E-state index contributed by atoms with van der Waals surface area (Å²) in [4.78, 5) is 19.4. The van der Waals surface area contributed by atoms with Crippen LogP contribution in [0.25, 0.3) is 43.6 Å². The number of aromatic nitrogens is 1. The molecule has 273 valence electrons. The van der Waals surface area contributed by atoms with Gasteiger partial charge in [0.15, 0.2) is 5.78 Å². The maximum atomic E-state index is 11.9. The molecular formula is C46H56IrNO2S-. The monoisotopic (exact) mass is 879 g/mol. The number of carbonyl (C=O) groups excluding carboxylic acids is 1. The fourth-order valence-corrected chi connectivity index (χ4v) is 8.73. The molecule has 0 spiro atoms. The van der Waals surface area contributed by atoms with Gasteiger partial charge in [0.25, 0.3) is 0 Å². The zero-order valence-electron chi connectivity index (χ0n) is 32.5. The van der Waals surface area contributed by atoms with Gasteiger partial charge in [0.05, 0.1) is 0 Å². The van der Waals surface area contributed by atoms with Gasteiger partial charge < -0.3 is 5.11 Å².